The minimum atomic E-state index is -1.00. The minimum Gasteiger partial charge on any atom is -0.493 e. The van der Waals surface area contributed by atoms with E-state index in [0.29, 0.717) is 35.9 Å². The number of hydrogen-bond acceptors (Lipinski definition) is 6. The molecule has 0 aliphatic heterocycles. The number of nitrogens with one attached hydrogen (secondary N) is 1. The predicted molar refractivity (Wildman–Crippen MR) is 158 cm³/mol. The largest absolute Gasteiger partial charge is 0.493 e. The molecule has 0 fully saturated rings. The molecule has 1 unspecified atom stereocenters. The molecular weight excluding hydrogens is 516 g/mol. The Labute approximate surface area is 239 Å². The van der Waals surface area contributed by atoms with E-state index < -0.39 is 12.0 Å². The summed E-state index contributed by atoms with van der Waals surface area (Å²) in [6.07, 6.45) is 0.199. The maximum Gasteiger partial charge on any atom is 0.330 e. The number of rotatable bonds is 12. The van der Waals surface area contributed by atoms with Gasteiger partial charge in [0, 0.05) is 30.3 Å². The maximum absolute atomic E-state index is 12.4. The van der Waals surface area contributed by atoms with E-state index in [1.807, 2.05) is 97.9 Å². The van der Waals surface area contributed by atoms with Crippen LogP contribution < -0.4 is 10.1 Å². The summed E-state index contributed by atoms with van der Waals surface area (Å²) < 4.78 is 17.7. The first-order valence-electron chi connectivity index (χ1n) is 13.4. The smallest absolute Gasteiger partial charge is 0.330 e. The van der Waals surface area contributed by atoms with Crippen molar-refractivity contribution in [1.29, 1.82) is 0 Å². The second-order valence-electron chi connectivity index (χ2n) is 9.59. The van der Waals surface area contributed by atoms with E-state index >= 15 is 0 Å². The summed E-state index contributed by atoms with van der Waals surface area (Å²) in [6.45, 7) is 2.26. The average Bonchev–Trinajstić information content (AvgIpc) is 3.38. The first-order valence-corrected chi connectivity index (χ1v) is 13.4. The van der Waals surface area contributed by atoms with E-state index in [2.05, 4.69) is 10.3 Å². The molecule has 5 rings (SSSR count). The maximum atomic E-state index is 12.4. The zero-order valence-electron chi connectivity index (χ0n) is 23.0. The number of aryl methyl sites for hydroxylation is 1. The van der Waals surface area contributed by atoms with E-state index in [9.17, 15) is 9.90 Å². The van der Waals surface area contributed by atoms with Crippen LogP contribution in [-0.4, -0.2) is 29.8 Å². The molecule has 208 valence electrons. The monoisotopic (exact) mass is 548 g/mol. The summed E-state index contributed by atoms with van der Waals surface area (Å²) in [5.74, 6) is 0.906. The van der Waals surface area contributed by atoms with Crippen LogP contribution in [0.25, 0.3) is 11.5 Å². The molecule has 0 amide bonds. The summed E-state index contributed by atoms with van der Waals surface area (Å²) in [5.41, 5.74) is 4.82. The second kappa shape index (κ2) is 13.0. The van der Waals surface area contributed by atoms with Crippen LogP contribution in [0.4, 0.5) is 5.69 Å². The third-order valence-corrected chi connectivity index (χ3v) is 6.84. The van der Waals surface area contributed by atoms with Gasteiger partial charge in [-0.2, -0.15) is 0 Å². The third-order valence-electron chi connectivity index (χ3n) is 6.84. The van der Waals surface area contributed by atoms with Crippen molar-refractivity contribution in [3.8, 4) is 17.2 Å². The number of oxazole rings is 1. The van der Waals surface area contributed by atoms with Gasteiger partial charge in [-0.15, -0.1) is 0 Å². The van der Waals surface area contributed by atoms with Crippen molar-refractivity contribution in [3.05, 3.63) is 137 Å². The van der Waals surface area contributed by atoms with Crippen LogP contribution >= 0.6 is 0 Å². The highest BCUT2D eigenvalue weighted by atomic mass is 16.5. The van der Waals surface area contributed by atoms with Crippen LogP contribution in [0.15, 0.2) is 114 Å². The molecule has 7 nitrogen and oxygen atoms in total. The fourth-order valence-corrected chi connectivity index (χ4v) is 4.78. The Morgan fingerprint density at radius 3 is 2.32 bits per heavy atom. The Morgan fingerprint density at radius 2 is 1.59 bits per heavy atom. The number of para-hydroxylation sites is 1. The first kappa shape index (κ1) is 27.7. The number of hydrogen-bond donors (Lipinski definition) is 2. The number of carbonyl (C=O) groups is 1. The van der Waals surface area contributed by atoms with E-state index in [4.69, 9.17) is 13.9 Å². The molecule has 0 aliphatic rings. The van der Waals surface area contributed by atoms with Crippen LogP contribution in [0.3, 0.4) is 0 Å². The van der Waals surface area contributed by atoms with Gasteiger partial charge in [0.05, 0.1) is 12.3 Å². The molecule has 1 heterocycles. The molecule has 41 heavy (non-hydrogen) atoms. The van der Waals surface area contributed by atoms with Crippen LogP contribution in [0, 0.1) is 6.92 Å². The van der Waals surface area contributed by atoms with Crippen molar-refractivity contribution in [2.45, 2.75) is 25.5 Å². The number of methoxy groups -OCH3 is 1. The molecule has 1 aromatic heterocycles. The lowest BCUT2D eigenvalue weighted by Crippen LogP contribution is -2.22. The molecule has 0 bridgehead atoms. The molecule has 0 spiro atoms. The van der Waals surface area contributed by atoms with Crippen molar-refractivity contribution in [2.24, 2.45) is 0 Å². The summed E-state index contributed by atoms with van der Waals surface area (Å²) in [5, 5.41) is 13.4. The molecule has 4 aromatic carbocycles. The third kappa shape index (κ3) is 6.65. The topological polar surface area (TPSA) is 93.8 Å². The van der Waals surface area contributed by atoms with Crippen LogP contribution in [0.2, 0.25) is 0 Å². The van der Waals surface area contributed by atoms with E-state index in [-0.39, 0.29) is 6.10 Å². The van der Waals surface area contributed by atoms with Gasteiger partial charge in [0.25, 0.3) is 0 Å². The van der Waals surface area contributed by atoms with Gasteiger partial charge in [-0.3, -0.25) is 0 Å². The van der Waals surface area contributed by atoms with Crippen molar-refractivity contribution in [3.63, 3.8) is 0 Å². The lowest BCUT2D eigenvalue weighted by atomic mass is 9.98. The Balaban J connectivity index is 1.30. The van der Waals surface area contributed by atoms with E-state index in [1.54, 1.807) is 25.3 Å². The molecule has 0 radical (unpaired) electrons. The highest BCUT2D eigenvalue weighted by Gasteiger charge is 2.24. The number of aliphatic carboxylic acids is 1. The number of carboxylic acids is 1. The fraction of sp³-hybridized carbons (Fsp3) is 0.176. The summed E-state index contributed by atoms with van der Waals surface area (Å²) in [7, 11) is 1.65. The summed E-state index contributed by atoms with van der Waals surface area (Å²) in [4.78, 5) is 17.1. The molecular formula is C34H32N2O5. The van der Waals surface area contributed by atoms with Gasteiger partial charge in [0.2, 0.25) is 5.89 Å². The quantitative estimate of drug-likeness (QED) is 0.170. The number of aromatic nitrogens is 1. The lowest BCUT2D eigenvalue weighted by Gasteiger charge is -2.23. The number of anilines is 1. The van der Waals surface area contributed by atoms with Gasteiger partial charge >= 0.3 is 5.97 Å². The fourth-order valence-electron chi connectivity index (χ4n) is 4.78. The van der Waals surface area contributed by atoms with Crippen LogP contribution in [-0.2, 0) is 16.0 Å². The Hall–Kier alpha value is -4.88. The van der Waals surface area contributed by atoms with Crippen LogP contribution in [0.1, 0.15) is 40.3 Å². The molecule has 0 aliphatic carbocycles. The molecule has 2 N–H and O–H groups in total. The van der Waals surface area contributed by atoms with Gasteiger partial charge in [0.1, 0.15) is 17.6 Å². The second-order valence-corrected chi connectivity index (χ2v) is 9.59. The van der Waals surface area contributed by atoms with Crippen molar-refractivity contribution in [2.75, 3.05) is 19.0 Å². The first-order chi connectivity index (χ1) is 20.0. The predicted octanol–water partition coefficient (Wildman–Crippen LogP) is 7.25. The number of nitrogens with zero attached hydrogens (tertiary/aromatic N) is 1. The number of carboxylic acid groups (broad SMARTS) is 1. The molecule has 2 atom stereocenters. The van der Waals surface area contributed by atoms with Gasteiger partial charge in [-0.25, -0.2) is 9.78 Å². The molecule has 7 heteroatoms. The molecule has 0 saturated carbocycles. The van der Waals surface area contributed by atoms with E-state index in [1.165, 1.54) is 0 Å². The van der Waals surface area contributed by atoms with Crippen molar-refractivity contribution < 1.29 is 23.8 Å². The highest BCUT2D eigenvalue weighted by Crippen LogP contribution is 2.33. The van der Waals surface area contributed by atoms with Gasteiger partial charge in [0.15, 0.2) is 6.04 Å². The van der Waals surface area contributed by atoms with E-state index in [0.717, 1.165) is 28.1 Å². The molecule has 0 saturated heterocycles. The standard InChI is InChI=1S/C34H32N2O5/c1-23-29(36-33(41-23)25-14-7-4-8-15-25)20-21-40-27-17-11-16-26(22-27)31(34(37)38)35-30-19-10-9-18-28(30)32(39-2)24-12-5-3-6-13-24/h3-19,22,31-32,35H,20-21H2,1-2H3,(H,37,38)/t31-,32?/m0/s1. The highest BCUT2D eigenvalue weighted by molar-refractivity contribution is 5.80. The Bertz CT molecular complexity index is 1580. The Kier molecular flexibility index (Phi) is 8.76. The molecule has 5 aromatic rings. The van der Waals surface area contributed by atoms with Crippen LogP contribution in [0.5, 0.6) is 5.75 Å². The summed E-state index contributed by atoms with van der Waals surface area (Å²) >= 11 is 0. The number of benzene rings is 4. The van der Waals surface area contributed by atoms with Crippen molar-refractivity contribution >= 4 is 11.7 Å². The zero-order valence-corrected chi connectivity index (χ0v) is 23.0. The Morgan fingerprint density at radius 1 is 0.902 bits per heavy atom. The average molecular weight is 549 g/mol. The summed E-state index contributed by atoms with van der Waals surface area (Å²) in [6, 6.07) is 33.3. The normalized spacial score (nSPS) is 12.4. The van der Waals surface area contributed by atoms with Gasteiger partial charge in [-0.05, 0) is 48.4 Å². The zero-order chi connectivity index (χ0) is 28.6. The number of ether oxygens (including phenoxy) is 2. The van der Waals surface area contributed by atoms with Gasteiger partial charge in [-0.1, -0.05) is 78.9 Å². The minimum absolute atomic E-state index is 0.355. The SMILES string of the molecule is COC(c1ccccc1)c1ccccc1N[C@H](C(=O)O)c1cccc(OCCc2nc(-c3ccccc3)oc2C)c1. The van der Waals surface area contributed by atoms with Gasteiger partial charge < -0.3 is 24.3 Å². The van der Waals surface area contributed by atoms with Crippen molar-refractivity contribution in [1.82, 2.24) is 4.98 Å². The lowest BCUT2D eigenvalue weighted by molar-refractivity contribution is -0.138.